The van der Waals surface area contributed by atoms with E-state index >= 15 is 0 Å². The van der Waals surface area contributed by atoms with Crippen LogP contribution in [0.5, 0.6) is 0 Å². The molecule has 1 N–H and O–H groups in total. The zero-order valence-corrected chi connectivity index (χ0v) is 12.5. The van der Waals surface area contributed by atoms with E-state index in [1.165, 1.54) is 0 Å². The number of piperidine rings is 1. The summed E-state index contributed by atoms with van der Waals surface area (Å²) < 4.78 is 1.77. The Bertz CT molecular complexity index is 471. The van der Waals surface area contributed by atoms with Crippen molar-refractivity contribution in [2.45, 2.75) is 12.8 Å². The number of hydrogen-bond donors (Lipinski definition) is 1. The number of hydrogen-bond acceptors (Lipinski definition) is 4. The first-order valence-electron chi connectivity index (χ1n) is 6.99. The number of carbonyl (C=O) groups excluding carboxylic acids is 1. The highest BCUT2D eigenvalue weighted by molar-refractivity contribution is 5.92. The molecule has 1 aliphatic heterocycles. The van der Waals surface area contributed by atoms with Crippen LogP contribution >= 0.6 is 0 Å². The van der Waals surface area contributed by atoms with Crippen molar-refractivity contribution in [2.75, 3.05) is 40.3 Å². The lowest BCUT2D eigenvalue weighted by Crippen LogP contribution is -2.52. The highest BCUT2D eigenvalue weighted by Crippen LogP contribution is 2.30. The molecule has 112 valence electrons. The third kappa shape index (κ3) is 3.19. The van der Waals surface area contributed by atoms with E-state index in [4.69, 9.17) is 0 Å². The Labute approximate surface area is 120 Å². The highest BCUT2D eigenvalue weighted by Gasteiger charge is 2.37. The predicted molar refractivity (Wildman–Crippen MR) is 76.4 cm³/mol. The lowest BCUT2D eigenvalue weighted by molar-refractivity contribution is 0.0136. The summed E-state index contributed by atoms with van der Waals surface area (Å²) in [4.78, 5) is 20.5. The molecule has 1 amide bonds. The molecular weight excluding hydrogens is 256 g/mol. The van der Waals surface area contributed by atoms with E-state index in [0.29, 0.717) is 12.2 Å². The Kier molecular flexibility index (Phi) is 4.45. The van der Waals surface area contributed by atoms with Crippen LogP contribution in [0.2, 0.25) is 0 Å². The second-order valence-electron chi connectivity index (χ2n) is 6.15. The minimum atomic E-state index is -0.216. The molecule has 1 aromatic rings. The molecule has 0 spiro atoms. The number of aryl methyl sites for hydroxylation is 1. The van der Waals surface area contributed by atoms with Gasteiger partial charge < -0.3 is 19.5 Å². The van der Waals surface area contributed by atoms with E-state index < -0.39 is 0 Å². The maximum Gasteiger partial charge on any atom is 0.274 e. The van der Waals surface area contributed by atoms with E-state index in [1.807, 2.05) is 26.0 Å². The van der Waals surface area contributed by atoms with Gasteiger partial charge in [0.2, 0.25) is 0 Å². The third-order valence-electron chi connectivity index (χ3n) is 3.86. The van der Waals surface area contributed by atoms with Crippen LogP contribution in [0.1, 0.15) is 23.3 Å². The van der Waals surface area contributed by atoms with Crippen LogP contribution in [0, 0.1) is 5.41 Å². The first-order valence-corrected chi connectivity index (χ1v) is 6.99. The van der Waals surface area contributed by atoms with Crippen molar-refractivity contribution in [3.05, 3.63) is 18.2 Å². The summed E-state index contributed by atoms with van der Waals surface area (Å²) in [5.41, 5.74) is 0.262. The van der Waals surface area contributed by atoms with E-state index in [0.717, 1.165) is 25.9 Å². The first kappa shape index (κ1) is 15.0. The molecule has 6 heteroatoms. The molecule has 0 aliphatic carbocycles. The van der Waals surface area contributed by atoms with Crippen LogP contribution in [-0.4, -0.2) is 70.7 Å². The molecular formula is C14H24N4O2. The van der Waals surface area contributed by atoms with Gasteiger partial charge >= 0.3 is 0 Å². The van der Waals surface area contributed by atoms with Gasteiger partial charge in [0.1, 0.15) is 5.69 Å². The number of aromatic nitrogens is 2. The van der Waals surface area contributed by atoms with Crippen molar-refractivity contribution in [3.8, 4) is 0 Å². The molecule has 1 fully saturated rings. The normalized spacial score (nSPS) is 23.4. The van der Waals surface area contributed by atoms with Crippen molar-refractivity contribution in [1.82, 2.24) is 19.4 Å². The molecule has 1 atom stereocenters. The predicted octanol–water partition coefficient (Wildman–Crippen LogP) is 0.196. The summed E-state index contributed by atoms with van der Waals surface area (Å²) in [7, 11) is 5.85. The number of rotatable bonds is 4. The van der Waals surface area contributed by atoms with Gasteiger partial charge in [0, 0.05) is 38.3 Å². The molecule has 2 heterocycles. The van der Waals surface area contributed by atoms with Crippen LogP contribution in [0.3, 0.4) is 0 Å². The molecule has 1 aliphatic rings. The number of carbonyl (C=O) groups is 1. The smallest absolute Gasteiger partial charge is 0.274 e. The van der Waals surface area contributed by atoms with Crippen LogP contribution in [0.25, 0.3) is 0 Å². The molecule has 1 saturated heterocycles. The third-order valence-corrected chi connectivity index (χ3v) is 3.86. The van der Waals surface area contributed by atoms with E-state index in [-0.39, 0.29) is 17.9 Å². The van der Waals surface area contributed by atoms with Gasteiger partial charge in [0.25, 0.3) is 5.91 Å². The zero-order chi connectivity index (χ0) is 14.8. The van der Waals surface area contributed by atoms with Crippen LogP contribution in [0.4, 0.5) is 0 Å². The number of aliphatic hydroxyl groups is 1. The zero-order valence-electron chi connectivity index (χ0n) is 12.5. The summed E-state index contributed by atoms with van der Waals surface area (Å²) in [6, 6.07) is 0. The molecule has 0 saturated carbocycles. The maximum absolute atomic E-state index is 12.5. The molecule has 0 bridgehead atoms. The number of aliphatic hydroxyl groups excluding tert-OH is 1. The molecule has 6 nitrogen and oxygen atoms in total. The molecule has 0 radical (unpaired) electrons. The lowest BCUT2D eigenvalue weighted by Gasteiger charge is -2.43. The Hall–Kier alpha value is -1.40. The minimum absolute atomic E-state index is 0.0399. The minimum Gasteiger partial charge on any atom is -0.396 e. The fourth-order valence-corrected chi connectivity index (χ4v) is 3.05. The SMILES string of the molecule is CN(C)CC1(CO)CCCN(C(=O)c2cn(C)cn2)C1. The molecule has 20 heavy (non-hydrogen) atoms. The summed E-state index contributed by atoms with van der Waals surface area (Å²) in [5.74, 6) is -0.0399. The molecule has 0 aromatic carbocycles. The fourth-order valence-electron chi connectivity index (χ4n) is 3.05. The second-order valence-corrected chi connectivity index (χ2v) is 6.15. The molecule has 1 aromatic heterocycles. The van der Waals surface area contributed by atoms with Gasteiger partial charge in [-0.1, -0.05) is 0 Å². The van der Waals surface area contributed by atoms with Gasteiger partial charge in [0.05, 0.1) is 12.9 Å². The largest absolute Gasteiger partial charge is 0.396 e. The van der Waals surface area contributed by atoms with Crippen LogP contribution < -0.4 is 0 Å². The average molecular weight is 280 g/mol. The summed E-state index contributed by atoms with van der Waals surface area (Å²) in [5, 5.41) is 9.78. The first-order chi connectivity index (χ1) is 9.46. The Balaban J connectivity index is 2.11. The number of nitrogens with zero attached hydrogens (tertiary/aromatic N) is 4. The van der Waals surface area contributed by atoms with Crippen molar-refractivity contribution < 1.29 is 9.90 Å². The number of imidazole rings is 1. The van der Waals surface area contributed by atoms with Crippen LogP contribution in [0.15, 0.2) is 12.5 Å². The summed E-state index contributed by atoms with van der Waals surface area (Å²) >= 11 is 0. The number of amides is 1. The summed E-state index contributed by atoms with van der Waals surface area (Å²) in [6.07, 6.45) is 5.25. The maximum atomic E-state index is 12.5. The van der Waals surface area contributed by atoms with Gasteiger partial charge in [-0.25, -0.2) is 4.98 Å². The second kappa shape index (κ2) is 5.93. The van der Waals surface area contributed by atoms with Crippen molar-refractivity contribution in [1.29, 1.82) is 0 Å². The van der Waals surface area contributed by atoms with E-state index in [9.17, 15) is 9.90 Å². The standard InChI is InChI=1S/C14H24N4O2/c1-16(2)8-14(10-19)5-4-6-18(9-14)13(20)12-7-17(3)11-15-12/h7,11,19H,4-6,8-10H2,1-3H3. The highest BCUT2D eigenvalue weighted by atomic mass is 16.3. The van der Waals surface area contributed by atoms with E-state index in [1.54, 1.807) is 17.1 Å². The van der Waals surface area contributed by atoms with Gasteiger partial charge in [0.15, 0.2) is 0 Å². The van der Waals surface area contributed by atoms with Gasteiger partial charge in [-0.3, -0.25) is 4.79 Å². The number of likely N-dealkylation sites (tertiary alicyclic amines) is 1. The Morgan fingerprint density at radius 2 is 2.30 bits per heavy atom. The monoisotopic (exact) mass is 280 g/mol. The topological polar surface area (TPSA) is 61.6 Å². The Morgan fingerprint density at radius 3 is 2.85 bits per heavy atom. The van der Waals surface area contributed by atoms with Crippen LogP contribution in [-0.2, 0) is 7.05 Å². The average Bonchev–Trinajstić information content (AvgIpc) is 2.84. The van der Waals surface area contributed by atoms with Crippen molar-refractivity contribution in [3.63, 3.8) is 0 Å². The Morgan fingerprint density at radius 1 is 1.55 bits per heavy atom. The fraction of sp³-hybridized carbons (Fsp3) is 0.714. The lowest BCUT2D eigenvalue weighted by atomic mass is 9.80. The summed E-state index contributed by atoms with van der Waals surface area (Å²) in [6.45, 7) is 2.23. The van der Waals surface area contributed by atoms with Gasteiger partial charge in [-0.2, -0.15) is 0 Å². The van der Waals surface area contributed by atoms with Crippen molar-refractivity contribution >= 4 is 5.91 Å². The molecule has 1 unspecified atom stereocenters. The van der Waals surface area contributed by atoms with E-state index in [2.05, 4.69) is 9.88 Å². The quantitative estimate of drug-likeness (QED) is 0.855. The van der Waals surface area contributed by atoms with Gasteiger partial charge in [-0.05, 0) is 26.9 Å². The van der Waals surface area contributed by atoms with Gasteiger partial charge in [-0.15, -0.1) is 0 Å². The van der Waals surface area contributed by atoms with Crippen molar-refractivity contribution in [2.24, 2.45) is 12.5 Å². The molecule has 2 rings (SSSR count).